The Morgan fingerprint density at radius 1 is 1.44 bits per heavy atom. The van der Waals surface area contributed by atoms with E-state index in [9.17, 15) is 18.0 Å². The van der Waals surface area contributed by atoms with Crippen molar-refractivity contribution in [3.05, 3.63) is 16.4 Å². The summed E-state index contributed by atoms with van der Waals surface area (Å²) in [6.45, 7) is 2.13. The van der Waals surface area contributed by atoms with Crippen LogP contribution in [-0.2, 0) is 28.8 Å². The molecule has 0 spiro atoms. The number of amides is 1. The van der Waals surface area contributed by atoms with Crippen LogP contribution in [0.25, 0.3) is 4.96 Å². The highest BCUT2D eigenvalue weighted by Crippen LogP contribution is 2.34. The van der Waals surface area contributed by atoms with Crippen LogP contribution in [0.15, 0.2) is 0 Å². The lowest BCUT2D eigenvalue weighted by Crippen LogP contribution is -2.27. The highest BCUT2D eigenvalue weighted by Gasteiger charge is 2.41. The molecule has 11 heteroatoms. The standard InChI is InChI=1S/C14H17F3N4O3S/c1-3-4-8-5-20(13(22)24-8)6-9-11(14(15,16)17)18-12-21(9)19-10(25-12)7-23-2/h8H,3-7H2,1-2H3. The molecule has 0 aliphatic carbocycles. The Kier molecular flexibility index (Phi) is 4.87. The first-order chi connectivity index (χ1) is 11.8. The molecule has 1 amide bonds. The van der Waals surface area contributed by atoms with Gasteiger partial charge >= 0.3 is 12.3 Å². The highest BCUT2D eigenvalue weighted by molar-refractivity contribution is 7.16. The van der Waals surface area contributed by atoms with Crippen LogP contribution in [0.5, 0.6) is 0 Å². The van der Waals surface area contributed by atoms with E-state index < -0.39 is 18.0 Å². The molecule has 3 heterocycles. The normalized spacial score (nSPS) is 18.4. The minimum Gasteiger partial charge on any atom is -0.444 e. The zero-order valence-corrected chi connectivity index (χ0v) is 14.5. The molecule has 138 valence electrons. The van der Waals surface area contributed by atoms with Gasteiger partial charge in [-0.25, -0.2) is 14.3 Å². The Morgan fingerprint density at radius 2 is 2.20 bits per heavy atom. The summed E-state index contributed by atoms with van der Waals surface area (Å²) in [6, 6.07) is 0. The lowest BCUT2D eigenvalue weighted by molar-refractivity contribution is -0.141. The van der Waals surface area contributed by atoms with Gasteiger partial charge in [-0.1, -0.05) is 24.7 Å². The summed E-state index contributed by atoms with van der Waals surface area (Å²) < 4.78 is 51.2. The number of halogens is 3. The van der Waals surface area contributed by atoms with Crippen molar-refractivity contribution in [1.82, 2.24) is 19.5 Å². The quantitative estimate of drug-likeness (QED) is 0.773. The molecule has 1 aliphatic heterocycles. The van der Waals surface area contributed by atoms with Gasteiger partial charge in [0.25, 0.3) is 0 Å². The van der Waals surface area contributed by atoms with Crippen molar-refractivity contribution in [3.63, 3.8) is 0 Å². The SMILES string of the molecule is CCCC1CN(Cc2c(C(F)(F)F)nc3sc(COC)nn23)C(=O)O1. The number of fused-ring (bicyclic) bond motifs is 1. The number of aromatic nitrogens is 3. The molecule has 1 saturated heterocycles. The molecule has 2 aromatic rings. The van der Waals surface area contributed by atoms with Crippen molar-refractivity contribution in [2.24, 2.45) is 0 Å². The number of imidazole rings is 1. The van der Waals surface area contributed by atoms with Gasteiger partial charge in [0.05, 0.1) is 25.4 Å². The van der Waals surface area contributed by atoms with Crippen LogP contribution in [0, 0.1) is 0 Å². The summed E-state index contributed by atoms with van der Waals surface area (Å²) in [5, 5.41) is 4.64. The van der Waals surface area contributed by atoms with Crippen molar-refractivity contribution >= 4 is 22.4 Å². The van der Waals surface area contributed by atoms with E-state index in [4.69, 9.17) is 9.47 Å². The summed E-state index contributed by atoms with van der Waals surface area (Å²) in [6.07, 6.45) is -4.05. The van der Waals surface area contributed by atoms with Gasteiger partial charge in [-0.05, 0) is 6.42 Å². The van der Waals surface area contributed by atoms with E-state index in [-0.39, 0.29) is 36.5 Å². The van der Waals surface area contributed by atoms with Crippen LogP contribution in [0.4, 0.5) is 18.0 Å². The Labute approximate surface area is 145 Å². The van der Waals surface area contributed by atoms with Gasteiger partial charge < -0.3 is 9.47 Å². The van der Waals surface area contributed by atoms with Crippen molar-refractivity contribution in [2.75, 3.05) is 13.7 Å². The summed E-state index contributed by atoms with van der Waals surface area (Å²) in [4.78, 5) is 17.0. The Balaban J connectivity index is 1.94. The topological polar surface area (TPSA) is 69.0 Å². The number of alkyl halides is 3. The third-order valence-corrected chi connectivity index (χ3v) is 4.66. The maximum absolute atomic E-state index is 13.3. The van der Waals surface area contributed by atoms with Crippen LogP contribution in [0.3, 0.4) is 0 Å². The van der Waals surface area contributed by atoms with E-state index in [1.54, 1.807) is 0 Å². The predicted octanol–water partition coefficient (Wildman–Crippen LogP) is 3.08. The summed E-state index contributed by atoms with van der Waals surface area (Å²) >= 11 is 1.02. The molecule has 1 fully saturated rings. The van der Waals surface area contributed by atoms with Gasteiger partial charge in [0.15, 0.2) is 5.69 Å². The molecule has 0 aromatic carbocycles. The van der Waals surface area contributed by atoms with Gasteiger partial charge in [-0.2, -0.15) is 18.3 Å². The van der Waals surface area contributed by atoms with Crippen molar-refractivity contribution < 1.29 is 27.4 Å². The van der Waals surface area contributed by atoms with E-state index in [1.807, 2.05) is 6.92 Å². The van der Waals surface area contributed by atoms with Gasteiger partial charge in [0.2, 0.25) is 4.96 Å². The molecule has 0 N–H and O–H groups in total. The Hall–Kier alpha value is -1.88. The van der Waals surface area contributed by atoms with Gasteiger partial charge in [0.1, 0.15) is 11.1 Å². The average molecular weight is 378 g/mol. The number of hydrogen-bond acceptors (Lipinski definition) is 6. The fourth-order valence-electron chi connectivity index (χ4n) is 2.74. The van der Waals surface area contributed by atoms with Crippen LogP contribution in [-0.4, -0.2) is 45.3 Å². The minimum atomic E-state index is -4.63. The fourth-order valence-corrected chi connectivity index (χ4v) is 3.62. The summed E-state index contributed by atoms with van der Waals surface area (Å²) in [5.74, 6) is 0. The first-order valence-corrected chi connectivity index (χ1v) is 8.54. The molecular formula is C14H17F3N4O3S. The lowest BCUT2D eigenvalue weighted by atomic mass is 10.2. The largest absolute Gasteiger partial charge is 0.444 e. The maximum Gasteiger partial charge on any atom is 0.435 e. The Morgan fingerprint density at radius 3 is 2.84 bits per heavy atom. The average Bonchev–Trinajstić information content (AvgIpc) is 3.15. The number of ether oxygens (including phenoxy) is 2. The number of hydrogen-bond donors (Lipinski definition) is 0. The number of rotatable bonds is 6. The molecule has 1 aliphatic rings. The van der Waals surface area contributed by atoms with Crippen LogP contribution < -0.4 is 0 Å². The molecule has 0 bridgehead atoms. The van der Waals surface area contributed by atoms with Crippen molar-refractivity contribution in [1.29, 1.82) is 0 Å². The number of carbonyl (C=O) groups excluding carboxylic acids is 1. The summed E-state index contributed by atoms with van der Waals surface area (Å²) in [7, 11) is 1.47. The second kappa shape index (κ2) is 6.79. The van der Waals surface area contributed by atoms with Crippen molar-refractivity contribution in [2.45, 2.75) is 45.2 Å². The second-order valence-corrected chi connectivity index (χ2v) is 6.74. The summed E-state index contributed by atoms with van der Waals surface area (Å²) in [5.41, 5.74) is -1.20. The van der Waals surface area contributed by atoms with Crippen LogP contribution >= 0.6 is 11.3 Å². The molecule has 1 unspecified atom stereocenters. The zero-order valence-electron chi connectivity index (χ0n) is 13.7. The van der Waals surface area contributed by atoms with Crippen LogP contribution in [0.1, 0.15) is 36.2 Å². The molecule has 2 aromatic heterocycles. The third kappa shape index (κ3) is 3.56. The van der Waals surface area contributed by atoms with Crippen molar-refractivity contribution in [3.8, 4) is 0 Å². The van der Waals surface area contributed by atoms with E-state index in [0.717, 1.165) is 22.3 Å². The van der Waals surface area contributed by atoms with E-state index >= 15 is 0 Å². The minimum absolute atomic E-state index is 0.118. The van der Waals surface area contributed by atoms with E-state index in [0.29, 0.717) is 11.4 Å². The molecule has 0 saturated carbocycles. The van der Waals surface area contributed by atoms with Crippen LogP contribution in [0.2, 0.25) is 0 Å². The lowest BCUT2D eigenvalue weighted by Gasteiger charge is -2.14. The smallest absolute Gasteiger partial charge is 0.435 e. The van der Waals surface area contributed by atoms with Gasteiger partial charge in [-0.15, -0.1) is 0 Å². The molecule has 1 atom stereocenters. The van der Waals surface area contributed by atoms with E-state index in [1.165, 1.54) is 12.0 Å². The number of cyclic esters (lactones) is 1. The molecule has 0 radical (unpaired) electrons. The molecule has 25 heavy (non-hydrogen) atoms. The Bertz CT molecular complexity index is 773. The first kappa shape index (κ1) is 17.9. The second-order valence-electron chi connectivity index (χ2n) is 5.70. The first-order valence-electron chi connectivity index (χ1n) is 7.72. The monoisotopic (exact) mass is 378 g/mol. The highest BCUT2D eigenvalue weighted by atomic mass is 32.1. The number of carbonyl (C=O) groups is 1. The third-order valence-electron chi connectivity index (χ3n) is 3.78. The van der Waals surface area contributed by atoms with E-state index in [2.05, 4.69) is 10.1 Å². The van der Waals surface area contributed by atoms with Gasteiger partial charge in [0, 0.05) is 7.11 Å². The maximum atomic E-state index is 13.3. The number of methoxy groups -OCH3 is 1. The zero-order chi connectivity index (χ0) is 18.2. The molecule has 7 nitrogen and oxygen atoms in total. The van der Waals surface area contributed by atoms with Gasteiger partial charge in [-0.3, -0.25) is 4.90 Å². The predicted molar refractivity (Wildman–Crippen MR) is 82.2 cm³/mol. The fraction of sp³-hybridized carbons (Fsp3) is 0.643. The number of nitrogens with zero attached hydrogens (tertiary/aromatic N) is 4. The molecular weight excluding hydrogens is 361 g/mol. The molecule has 3 rings (SSSR count).